The van der Waals surface area contributed by atoms with Crippen LogP contribution in [0.4, 0.5) is 0 Å². The first kappa shape index (κ1) is 16.4. The second-order valence-corrected chi connectivity index (χ2v) is 4.41. The van der Waals surface area contributed by atoms with Crippen LogP contribution >= 0.6 is 0 Å². The van der Waals surface area contributed by atoms with Crippen molar-refractivity contribution in [2.24, 2.45) is 5.92 Å². The minimum Gasteiger partial charge on any atom is -0.481 e. The SMILES string of the molecule is CC(=O)N(CCCCCC(=O)O)CC(C)C(=O)O. The molecule has 1 amide bonds. The van der Waals surface area contributed by atoms with Crippen molar-refractivity contribution < 1.29 is 24.6 Å². The molecule has 1 unspecified atom stereocenters. The zero-order valence-corrected chi connectivity index (χ0v) is 10.9. The molecule has 6 heteroatoms. The molecule has 0 aliphatic heterocycles. The molecule has 0 aromatic rings. The molecule has 104 valence electrons. The van der Waals surface area contributed by atoms with E-state index in [9.17, 15) is 14.4 Å². The van der Waals surface area contributed by atoms with Crippen molar-refractivity contribution in [1.82, 2.24) is 4.90 Å². The second kappa shape index (κ2) is 8.49. The Labute approximate surface area is 107 Å². The van der Waals surface area contributed by atoms with Crippen LogP contribution in [0.15, 0.2) is 0 Å². The van der Waals surface area contributed by atoms with Crippen LogP contribution in [0.5, 0.6) is 0 Å². The highest BCUT2D eigenvalue weighted by molar-refractivity contribution is 5.75. The van der Waals surface area contributed by atoms with Gasteiger partial charge in [-0.3, -0.25) is 14.4 Å². The van der Waals surface area contributed by atoms with Gasteiger partial charge in [0.05, 0.1) is 5.92 Å². The summed E-state index contributed by atoms with van der Waals surface area (Å²) in [5.41, 5.74) is 0. The van der Waals surface area contributed by atoms with E-state index >= 15 is 0 Å². The lowest BCUT2D eigenvalue weighted by Crippen LogP contribution is -2.36. The molecule has 0 bridgehead atoms. The molecule has 0 rings (SSSR count). The number of hydrogen-bond donors (Lipinski definition) is 2. The van der Waals surface area contributed by atoms with E-state index in [0.29, 0.717) is 19.4 Å². The highest BCUT2D eigenvalue weighted by Gasteiger charge is 2.17. The van der Waals surface area contributed by atoms with Crippen molar-refractivity contribution in [3.63, 3.8) is 0 Å². The van der Waals surface area contributed by atoms with Crippen LogP contribution in [-0.2, 0) is 14.4 Å². The van der Waals surface area contributed by atoms with E-state index in [1.165, 1.54) is 11.8 Å². The van der Waals surface area contributed by atoms with E-state index in [0.717, 1.165) is 6.42 Å². The Balaban J connectivity index is 3.95. The third-order valence-electron chi connectivity index (χ3n) is 2.68. The van der Waals surface area contributed by atoms with Crippen molar-refractivity contribution in [3.8, 4) is 0 Å². The van der Waals surface area contributed by atoms with E-state index in [1.807, 2.05) is 0 Å². The van der Waals surface area contributed by atoms with Crippen molar-refractivity contribution in [2.45, 2.75) is 39.5 Å². The Hall–Kier alpha value is -1.59. The van der Waals surface area contributed by atoms with E-state index < -0.39 is 17.9 Å². The molecule has 0 aliphatic rings. The molecular formula is C12H21NO5. The van der Waals surface area contributed by atoms with Gasteiger partial charge in [0.15, 0.2) is 0 Å². The normalized spacial score (nSPS) is 11.9. The lowest BCUT2D eigenvalue weighted by atomic mass is 10.1. The minimum absolute atomic E-state index is 0.131. The van der Waals surface area contributed by atoms with Gasteiger partial charge >= 0.3 is 11.9 Å². The van der Waals surface area contributed by atoms with Crippen molar-refractivity contribution in [1.29, 1.82) is 0 Å². The number of hydrogen-bond acceptors (Lipinski definition) is 3. The molecule has 0 aromatic heterocycles. The monoisotopic (exact) mass is 259 g/mol. The molecule has 0 saturated heterocycles. The van der Waals surface area contributed by atoms with Crippen LogP contribution in [0.2, 0.25) is 0 Å². The number of nitrogens with zero attached hydrogens (tertiary/aromatic N) is 1. The molecule has 18 heavy (non-hydrogen) atoms. The highest BCUT2D eigenvalue weighted by Crippen LogP contribution is 2.06. The number of rotatable bonds is 9. The smallest absolute Gasteiger partial charge is 0.308 e. The average Bonchev–Trinajstić information content (AvgIpc) is 2.25. The van der Waals surface area contributed by atoms with Gasteiger partial charge in [-0.1, -0.05) is 13.3 Å². The van der Waals surface area contributed by atoms with Crippen LogP contribution in [0, 0.1) is 5.92 Å². The van der Waals surface area contributed by atoms with Gasteiger partial charge in [-0.05, 0) is 12.8 Å². The summed E-state index contributed by atoms with van der Waals surface area (Å²) in [7, 11) is 0. The maximum atomic E-state index is 11.3. The standard InChI is InChI=1S/C12H21NO5/c1-9(12(17)18)8-13(10(2)14)7-5-3-4-6-11(15)16/h9H,3-8H2,1-2H3,(H,15,16)(H,17,18). The predicted molar refractivity (Wildman–Crippen MR) is 65.2 cm³/mol. The molecule has 6 nitrogen and oxygen atoms in total. The number of carboxylic acids is 2. The summed E-state index contributed by atoms with van der Waals surface area (Å²) in [6.45, 7) is 3.64. The average molecular weight is 259 g/mol. The van der Waals surface area contributed by atoms with E-state index in [-0.39, 0.29) is 18.9 Å². The van der Waals surface area contributed by atoms with Crippen molar-refractivity contribution >= 4 is 17.8 Å². The Morgan fingerprint density at radius 3 is 2.17 bits per heavy atom. The zero-order valence-electron chi connectivity index (χ0n) is 10.9. The number of unbranched alkanes of at least 4 members (excludes halogenated alkanes) is 2. The lowest BCUT2D eigenvalue weighted by molar-refractivity contribution is -0.143. The Kier molecular flexibility index (Phi) is 7.74. The van der Waals surface area contributed by atoms with Crippen LogP contribution in [0.1, 0.15) is 39.5 Å². The molecule has 0 aliphatic carbocycles. The lowest BCUT2D eigenvalue weighted by Gasteiger charge is -2.22. The molecule has 0 spiro atoms. The van der Waals surface area contributed by atoms with Gasteiger partial charge in [0.2, 0.25) is 5.91 Å². The molecule has 0 radical (unpaired) electrons. The second-order valence-electron chi connectivity index (χ2n) is 4.41. The molecule has 2 N–H and O–H groups in total. The maximum absolute atomic E-state index is 11.3. The van der Waals surface area contributed by atoms with Gasteiger partial charge in [0.1, 0.15) is 0 Å². The van der Waals surface area contributed by atoms with Gasteiger partial charge in [-0.15, -0.1) is 0 Å². The molecule has 0 saturated carbocycles. The Morgan fingerprint density at radius 2 is 1.72 bits per heavy atom. The van der Waals surface area contributed by atoms with Gasteiger partial charge < -0.3 is 15.1 Å². The van der Waals surface area contributed by atoms with Crippen molar-refractivity contribution in [2.75, 3.05) is 13.1 Å². The van der Waals surface area contributed by atoms with Gasteiger partial charge in [-0.2, -0.15) is 0 Å². The fourth-order valence-corrected chi connectivity index (χ4v) is 1.54. The Morgan fingerprint density at radius 1 is 1.11 bits per heavy atom. The largest absolute Gasteiger partial charge is 0.481 e. The molecule has 0 heterocycles. The van der Waals surface area contributed by atoms with Crippen LogP contribution in [0.25, 0.3) is 0 Å². The number of aliphatic carboxylic acids is 2. The number of carboxylic acid groups (broad SMARTS) is 2. The molecule has 0 aromatic carbocycles. The number of carbonyl (C=O) groups excluding carboxylic acids is 1. The molecule has 1 atom stereocenters. The van der Waals surface area contributed by atoms with E-state index in [4.69, 9.17) is 10.2 Å². The Bertz CT molecular complexity index is 303. The van der Waals surface area contributed by atoms with E-state index in [1.54, 1.807) is 6.92 Å². The predicted octanol–water partition coefficient (Wildman–Crippen LogP) is 1.20. The highest BCUT2D eigenvalue weighted by atomic mass is 16.4. The summed E-state index contributed by atoms with van der Waals surface area (Å²) in [5.74, 6) is -2.49. The van der Waals surface area contributed by atoms with Crippen LogP contribution in [0.3, 0.4) is 0 Å². The van der Waals surface area contributed by atoms with Crippen molar-refractivity contribution in [3.05, 3.63) is 0 Å². The third-order valence-corrected chi connectivity index (χ3v) is 2.68. The first-order valence-corrected chi connectivity index (χ1v) is 6.04. The molecule has 0 fully saturated rings. The van der Waals surface area contributed by atoms with Gasteiger partial charge in [0.25, 0.3) is 0 Å². The summed E-state index contributed by atoms with van der Waals surface area (Å²) >= 11 is 0. The minimum atomic E-state index is -0.924. The fraction of sp³-hybridized carbons (Fsp3) is 0.750. The van der Waals surface area contributed by atoms with Crippen LogP contribution in [-0.4, -0.2) is 46.0 Å². The summed E-state index contributed by atoms with van der Waals surface area (Å²) in [6, 6.07) is 0. The summed E-state index contributed by atoms with van der Waals surface area (Å²) in [4.78, 5) is 33.8. The molecular weight excluding hydrogens is 238 g/mol. The van der Waals surface area contributed by atoms with Crippen LogP contribution < -0.4 is 0 Å². The number of carbonyl (C=O) groups is 3. The van der Waals surface area contributed by atoms with Gasteiger partial charge in [0, 0.05) is 26.4 Å². The maximum Gasteiger partial charge on any atom is 0.308 e. The quantitative estimate of drug-likeness (QED) is 0.607. The van der Waals surface area contributed by atoms with Gasteiger partial charge in [-0.25, -0.2) is 0 Å². The van der Waals surface area contributed by atoms with E-state index in [2.05, 4.69) is 0 Å². The summed E-state index contributed by atoms with van der Waals surface area (Å²) in [6.07, 6.45) is 2.12. The third kappa shape index (κ3) is 7.65. The summed E-state index contributed by atoms with van der Waals surface area (Å²) in [5, 5.41) is 17.2. The zero-order chi connectivity index (χ0) is 14.1. The topological polar surface area (TPSA) is 94.9 Å². The first-order valence-electron chi connectivity index (χ1n) is 6.04. The first-order chi connectivity index (χ1) is 8.34. The number of amides is 1. The summed E-state index contributed by atoms with van der Waals surface area (Å²) < 4.78 is 0. The fourth-order valence-electron chi connectivity index (χ4n) is 1.54.